The lowest BCUT2D eigenvalue weighted by Gasteiger charge is -2.10. The minimum Gasteiger partial charge on any atom is -0.497 e. The van der Waals surface area contributed by atoms with Crippen LogP contribution in [0.5, 0.6) is 5.75 Å². The number of rotatable bonds is 7. The number of benzene rings is 1. The maximum absolute atomic E-state index is 12.3. The third-order valence-electron chi connectivity index (χ3n) is 3.95. The molecular formula is C17H18N6O4. The Balaban J connectivity index is 1.63. The smallest absolute Gasteiger partial charge is 0.307 e. The predicted octanol–water partition coefficient (Wildman–Crippen LogP) is 2.24. The van der Waals surface area contributed by atoms with E-state index >= 15 is 0 Å². The van der Waals surface area contributed by atoms with Crippen LogP contribution < -0.4 is 10.1 Å². The van der Waals surface area contributed by atoms with E-state index in [9.17, 15) is 14.9 Å². The molecule has 2 heterocycles. The predicted molar refractivity (Wildman–Crippen MR) is 96.5 cm³/mol. The van der Waals surface area contributed by atoms with Crippen LogP contribution in [0.4, 0.5) is 11.4 Å². The average molecular weight is 370 g/mol. The Labute approximate surface area is 154 Å². The standard InChI is InChI=1S/C17H18N6O4/c1-12(22-11-15(8-19-22)23(25)26)17(24)20-14-7-18-21(10-14)9-13-4-3-5-16(6-13)27-2/h3-8,10-12H,9H2,1-2H3,(H,20,24)/t12-/m0/s1. The zero-order valence-electron chi connectivity index (χ0n) is 14.8. The summed E-state index contributed by atoms with van der Waals surface area (Å²) in [6, 6.07) is 6.91. The maximum Gasteiger partial charge on any atom is 0.307 e. The number of nitrogens with one attached hydrogen (secondary N) is 1. The summed E-state index contributed by atoms with van der Waals surface area (Å²) in [5.74, 6) is 0.407. The number of anilines is 1. The highest BCUT2D eigenvalue weighted by atomic mass is 16.6. The first kappa shape index (κ1) is 18.1. The number of methoxy groups -OCH3 is 1. The fourth-order valence-electron chi connectivity index (χ4n) is 2.47. The number of hydrogen-bond donors (Lipinski definition) is 1. The number of amides is 1. The summed E-state index contributed by atoms with van der Waals surface area (Å²) in [4.78, 5) is 22.5. The average Bonchev–Trinajstić information content (AvgIpc) is 3.31. The van der Waals surface area contributed by atoms with E-state index < -0.39 is 11.0 Å². The van der Waals surface area contributed by atoms with E-state index in [4.69, 9.17) is 4.74 Å². The van der Waals surface area contributed by atoms with Crippen LogP contribution in [0.1, 0.15) is 18.5 Å². The van der Waals surface area contributed by atoms with Crippen molar-refractivity contribution >= 4 is 17.3 Å². The molecule has 0 saturated heterocycles. The van der Waals surface area contributed by atoms with Crippen LogP contribution in [0.25, 0.3) is 0 Å². The van der Waals surface area contributed by atoms with E-state index in [2.05, 4.69) is 15.5 Å². The number of ether oxygens (including phenoxy) is 1. The minimum atomic E-state index is -0.708. The molecule has 0 aliphatic heterocycles. The molecule has 0 aliphatic rings. The lowest BCUT2D eigenvalue weighted by atomic mass is 10.2. The Morgan fingerprint density at radius 2 is 2.15 bits per heavy atom. The number of aromatic nitrogens is 4. The van der Waals surface area contributed by atoms with Crippen LogP contribution in [0.3, 0.4) is 0 Å². The van der Waals surface area contributed by atoms with Gasteiger partial charge in [0, 0.05) is 6.20 Å². The summed E-state index contributed by atoms with van der Waals surface area (Å²) >= 11 is 0. The molecule has 1 atom stereocenters. The zero-order chi connectivity index (χ0) is 19.4. The molecule has 0 spiro atoms. The first-order valence-electron chi connectivity index (χ1n) is 8.11. The van der Waals surface area contributed by atoms with Gasteiger partial charge in [0.2, 0.25) is 5.91 Å². The summed E-state index contributed by atoms with van der Waals surface area (Å²) in [5.41, 5.74) is 1.37. The monoisotopic (exact) mass is 370 g/mol. The van der Waals surface area contributed by atoms with Gasteiger partial charge in [0.25, 0.3) is 0 Å². The molecule has 2 aromatic heterocycles. The highest BCUT2D eigenvalue weighted by molar-refractivity contribution is 5.93. The highest BCUT2D eigenvalue weighted by Gasteiger charge is 2.19. The van der Waals surface area contributed by atoms with Crippen molar-refractivity contribution < 1.29 is 14.5 Å². The fraction of sp³-hybridized carbons (Fsp3) is 0.235. The Morgan fingerprint density at radius 1 is 1.33 bits per heavy atom. The molecule has 0 bridgehead atoms. The normalized spacial score (nSPS) is 11.8. The first-order valence-corrected chi connectivity index (χ1v) is 8.11. The Morgan fingerprint density at radius 3 is 2.85 bits per heavy atom. The van der Waals surface area contributed by atoms with Crippen LogP contribution >= 0.6 is 0 Å². The van der Waals surface area contributed by atoms with Crippen LogP contribution in [0.2, 0.25) is 0 Å². The van der Waals surface area contributed by atoms with E-state index in [1.165, 1.54) is 17.1 Å². The minimum absolute atomic E-state index is 0.166. The molecule has 0 saturated carbocycles. The number of carbonyl (C=O) groups excluding carboxylic acids is 1. The van der Waals surface area contributed by atoms with Gasteiger partial charge in [0.1, 0.15) is 24.2 Å². The van der Waals surface area contributed by atoms with Gasteiger partial charge < -0.3 is 10.1 Å². The number of carbonyl (C=O) groups is 1. The SMILES string of the molecule is COc1cccc(Cn2cc(NC(=O)[C@H](C)n3cc([N+](=O)[O-])cn3)cn2)c1. The number of nitrogens with zero attached hydrogens (tertiary/aromatic N) is 5. The maximum atomic E-state index is 12.3. The largest absolute Gasteiger partial charge is 0.497 e. The Hall–Kier alpha value is -3.69. The molecule has 10 nitrogen and oxygen atoms in total. The summed E-state index contributed by atoms with van der Waals surface area (Å²) in [6.45, 7) is 2.13. The van der Waals surface area contributed by atoms with Crippen LogP contribution in [0, 0.1) is 10.1 Å². The molecule has 0 radical (unpaired) electrons. The van der Waals surface area contributed by atoms with Gasteiger partial charge in [-0.3, -0.25) is 24.3 Å². The van der Waals surface area contributed by atoms with Gasteiger partial charge in [0.05, 0.1) is 30.5 Å². The summed E-state index contributed by atoms with van der Waals surface area (Å²) in [6.07, 6.45) is 5.57. The number of nitro groups is 1. The van der Waals surface area contributed by atoms with Crippen molar-refractivity contribution in [2.45, 2.75) is 19.5 Å². The molecule has 3 aromatic rings. The lowest BCUT2D eigenvalue weighted by molar-refractivity contribution is -0.385. The molecule has 0 fully saturated rings. The molecular weight excluding hydrogens is 352 g/mol. The number of hydrogen-bond acceptors (Lipinski definition) is 6. The second kappa shape index (κ2) is 7.68. The van der Waals surface area contributed by atoms with Gasteiger partial charge in [0.15, 0.2) is 0 Å². The third kappa shape index (κ3) is 4.29. The molecule has 1 amide bonds. The van der Waals surface area contributed by atoms with Crippen molar-refractivity contribution in [3.8, 4) is 5.75 Å². The van der Waals surface area contributed by atoms with Crippen molar-refractivity contribution in [3.05, 3.63) is 64.7 Å². The van der Waals surface area contributed by atoms with Crippen molar-refractivity contribution in [1.82, 2.24) is 19.6 Å². The molecule has 1 N–H and O–H groups in total. The lowest BCUT2D eigenvalue weighted by Crippen LogP contribution is -2.23. The topological polar surface area (TPSA) is 117 Å². The van der Waals surface area contributed by atoms with Crippen molar-refractivity contribution in [3.63, 3.8) is 0 Å². The van der Waals surface area contributed by atoms with Crippen molar-refractivity contribution in [2.75, 3.05) is 12.4 Å². The van der Waals surface area contributed by atoms with Gasteiger partial charge in [-0.05, 0) is 24.6 Å². The van der Waals surface area contributed by atoms with Crippen LogP contribution in [-0.2, 0) is 11.3 Å². The summed E-state index contributed by atoms with van der Waals surface area (Å²) in [5, 5.41) is 21.5. The molecule has 10 heteroatoms. The van der Waals surface area contributed by atoms with Crippen molar-refractivity contribution in [2.24, 2.45) is 0 Å². The fourth-order valence-corrected chi connectivity index (χ4v) is 2.47. The van der Waals surface area contributed by atoms with Gasteiger partial charge >= 0.3 is 5.69 Å². The van der Waals surface area contributed by atoms with E-state index in [1.54, 1.807) is 24.9 Å². The van der Waals surface area contributed by atoms with Crippen molar-refractivity contribution in [1.29, 1.82) is 0 Å². The zero-order valence-corrected chi connectivity index (χ0v) is 14.8. The van der Waals surface area contributed by atoms with E-state index in [0.717, 1.165) is 17.5 Å². The quantitative estimate of drug-likeness (QED) is 0.503. The Kier molecular flexibility index (Phi) is 5.15. The van der Waals surface area contributed by atoms with Crippen LogP contribution in [-0.4, -0.2) is 37.5 Å². The summed E-state index contributed by atoms with van der Waals surface area (Å²) in [7, 11) is 1.61. The second-order valence-electron chi connectivity index (χ2n) is 5.88. The molecule has 0 unspecified atom stereocenters. The van der Waals surface area contributed by atoms with E-state index in [0.29, 0.717) is 12.2 Å². The molecule has 140 valence electrons. The van der Waals surface area contributed by atoms with Gasteiger partial charge in [-0.15, -0.1) is 0 Å². The van der Waals surface area contributed by atoms with E-state index in [-0.39, 0.29) is 11.6 Å². The molecule has 0 aliphatic carbocycles. The van der Waals surface area contributed by atoms with Gasteiger partial charge in [-0.1, -0.05) is 12.1 Å². The van der Waals surface area contributed by atoms with Gasteiger partial charge in [-0.25, -0.2) is 0 Å². The summed E-state index contributed by atoms with van der Waals surface area (Å²) < 4.78 is 8.13. The van der Waals surface area contributed by atoms with Gasteiger partial charge in [-0.2, -0.15) is 10.2 Å². The second-order valence-corrected chi connectivity index (χ2v) is 5.88. The highest BCUT2D eigenvalue weighted by Crippen LogP contribution is 2.17. The molecule has 27 heavy (non-hydrogen) atoms. The van der Waals surface area contributed by atoms with E-state index in [1.807, 2.05) is 24.3 Å². The van der Waals surface area contributed by atoms with Crippen LogP contribution in [0.15, 0.2) is 49.1 Å². The molecule has 1 aromatic carbocycles. The first-order chi connectivity index (χ1) is 13.0. The third-order valence-corrected chi connectivity index (χ3v) is 3.95. The Bertz CT molecular complexity index is 964. The molecule has 3 rings (SSSR count).